The maximum Gasteiger partial charge on any atom is 0.393 e. The van der Waals surface area contributed by atoms with Gasteiger partial charge in [0.2, 0.25) is 0 Å². The van der Waals surface area contributed by atoms with Crippen LogP contribution in [0.25, 0.3) is 0 Å². The Kier molecular flexibility index (Phi) is 3.59. The van der Waals surface area contributed by atoms with Gasteiger partial charge in [-0.15, -0.1) is 10.2 Å². The minimum atomic E-state index is -4.15. The molecule has 0 aromatic carbocycles. The van der Waals surface area contributed by atoms with E-state index < -0.39 is 17.6 Å². The average Bonchev–Trinajstić information content (AvgIpc) is 2.70. The van der Waals surface area contributed by atoms with Crippen molar-refractivity contribution >= 4 is 0 Å². The molecule has 7 heteroatoms. The van der Waals surface area contributed by atoms with E-state index in [1.165, 1.54) is 0 Å². The Balaban J connectivity index is 2.30. The number of nitrogens with zero attached hydrogens (tertiary/aromatic N) is 3. The second kappa shape index (κ2) is 4.77. The summed E-state index contributed by atoms with van der Waals surface area (Å²) in [4.78, 5) is 0. The molecule has 0 bridgehead atoms. The zero-order valence-corrected chi connectivity index (χ0v) is 11.4. The third-order valence-corrected chi connectivity index (χ3v) is 3.59. The molecule has 0 radical (unpaired) electrons. The molecule has 1 aliphatic rings. The van der Waals surface area contributed by atoms with Crippen LogP contribution in [0.1, 0.15) is 38.8 Å². The van der Waals surface area contributed by atoms with Gasteiger partial charge < -0.3 is 9.88 Å². The first-order chi connectivity index (χ1) is 8.75. The highest BCUT2D eigenvalue weighted by Crippen LogP contribution is 2.35. The highest BCUT2D eigenvalue weighted by molar-refractivity contribution is 5.09. The van der Waals surface area contributed by atoms with Gasteiger partial charge in [0, 0.05) is 13.0 Å². The number of halogens is 3. The summed E-state index contributed by atoms with van der Waals surface area (Å²) < 4.78 is 40.2. The van der Waals surface area contributed by atoms with Crippen molar-refractivity contribution in [3.63, 3.8) is 0 Å². The highest BCUT2D eigenvalue weighted by atomic mass is 19.4. The average molecular weight is 276 g/mol. The van der Waals surface area contributed by atoms with Crippen molar-refractivity contribution < 1.29 is 13.2 Å². The lowest BCUT2D eigenvalue weighted by Crippen LogP contribution is -2.41. The summed E-state index contributed by atoms with van der Waals surface area (Å²) in [5, 5.41) is 11.3. The molecule has 2 rings (SSSR count). The maximum atomic E-state index is 12.8. The van der Waals surface area contributed by atoms with Gasteiger partial charge in [-0.25, -0.2) is 0 Å². The van der Waals surface area contributed by atoms with Crippen LogP contribution in [0.5, 0.6) is 0 Å². The van der Waals surface area contributed by atoms with E-state index in [4.69, 9.17) is 0 Å². The first kappa shape index (κ1) is 14.3. The lowest BCUT2D eigenvalue weighted by molar-refractivity contribution is -0.182. The Hall–Kier alpha value is -1.11. The fourth-order valence-corrected chi connectivity index (χ4v) is 2.58. The molecule has 1 N–H and O–H groups in total. The van der Waals surface area contributed by atoms with E-state index in [2.05, 4.69) is 15.5 Å². The molecular formula is C12H19F3N4. The first-order valence-electron chi connectivity index (χ1n) is 6.50. The Labute approximate surface area is 110 Å². The minimum Gasteiger partial charge on any atom is -0.313 e. The fraction of sp³-hybridized carbons (Fsp3) is 0.833. The molecular weight excluding hydrogens is 257 g/mol. The van der Waals surface area contributed by atoms with Gasteiger partial charge in [-0.1, -0.05) is 6.92 Å². The summed E-state index contributed by atoms with van der Waals surface area (Å²) in [6.07, 6.45) is -3.72. The van der Waals surface area contributed by atoms with Gasteiger partial charge in [-0.2, -0.15) is 13.2 Å². The van der Waals surface area contributed by atoms with Crippen LogP contribution in [0, 0.1) is 5.92 Å². The van der Waals surface area contributed by atoms with Crippen LogP contribution in [-0.2, 0) is 18.5 Å². The van der Waals surface area contributed by atoms with E-state index in [-0.39, 0.29) is 13.0 Å². The molecule has 0 spiro atoms. The molecule has 4 nitrogen and oxygen atoms in total. The van der Waals surface area contributed by atoms with Gasteiger partial charge in [0.15, 0.2) is 5.82 Å². The van der Waals surface area contributed by atoms with Crippen molar-refractivity contribution in [1.29, 1.82) is 0 Å². The maximum absolute atomic E-state index is 12.8. The number of hydrogen-bond donors (Lipinski definition) is 1. The molecule has 0 amide bonds. The van der Waals surface area contributed by atoms with Gasteiger partial charge in [0.05, 0.1) is 11.5 Å². The number of aromatic nitrogens is 3. The molecule has 108 valence electrons. The Morgan fingerprint density at radius 2 is 2.00 bits per heavy atom. The van der Waals surface area contributed by atoms with Crippen molar-refractivity contribution in [2.45, 2.75) is 51.9 Å². The number of hydrogen-bond acceptors (Lipinski definition) is 3. The first-order valence-corrected chi connectivity index (χ1v) is 6.50. The predicted molar refractivity (Wildman–Crippen MR) is 64.6 cm³/mol. The Morgan fingerprint density at radius 3 is 2.58 bits per heavy atom. The van der Waals surface area contributed by atoms with Gasteiger partial charge in [-0.05, 0) is 26.8 Å². The quantitative estimate of drug-likeness (QED) is 0.920. The van der Waals surface area contributed by atoms with Crippen LogP contribution < -0.4 is 5.32 Å². The van der Waals surface area contributed by atoms with Crippen molar-refractivity contribution in [1.82, 2.24) is 20.1 Å². The summed E-state index contributed by atoms with van der Waals surface area (Å²) in [7, 11) is 0. The third kappa shape index (κ3) is 2.75. The molecule has 0 saturated carbocycles. The van der Waals surface area contributed by atoms with E-state index in [1.807, 2.05) is 20.8 Å². The molecule has 0 aliphatic carbocycles. The zero-order valence-electron chi connectivity index (χ0n) is 11.4. The predicted octanol–water partition coefficient (Wildman–Crippen LogP) is 2.25. The number of aryl methyl sites for hydroxylation is 1. The number of nitrogens with one attached hydrogen (secondary N) is 1. The number of alkyl halides is 3. The van der Waals surface area contributed by atoms with Gasteiger partial charge in [0.1, 0.15) is 5.82 Å². The molecule has 1 aromatic heterocycles. The number of rotatable bonds is 3. The summed E-state index contributed by atoms with van der Waals surface area (Å²) in [6.45, 7) is 6.41. The molecule has 1 atom stereocenters. The van der Waals surface area contributed by atoms with Crippen LogP contribution in [0.2, 0.25) is 0 Å². The van der Waals surface area contributed by atoms with Crippen molar-refractivity contribution in [2.24, 2.45) is 5.92 Å². The fourth-order valence-electron chi connectivity index (χ4n) is 2.58. The van der Waals surface area contributed by atoms with E-state index >= 15 is 0 Å². The van der Waals surface area contributed by atoms with E-state index in [0.29, 0.717) is 18.1 Å². The second-order valence-electron chi connectivity index (χ2n) is 5.48. The van der Waals surface area contributed by atoms with E-state index in [0.717, 1.165) is 6.54 Å². The smallest absolute Gasteiger partial charge is 0.313 e. The van der Waals surface area contributed by atoms with Crippen molar-refractivity contribution in [3.05, 3.63) is 11.6 Å². The van der Waals surface area contributed by atoms with Gasteiger partial charge in [-0.3, -0.25) is 0 Å². The van der Waals surface area contributed by atoms with E-state index in [1.54, 1.807) is 4.57 Å². The zero-order chi connectivity index (χ0) is 14.3. The topological polar surface area (TPSA) is 42.7 Å². The van der Waals surface area contributed by atoms with Crippen LogP contribution in [0.3, 0.4) is 0 Å². The summed E-state index contributed by atoms with van der Waals surface area (Å²) >= 11 is 0. The highest BCUT2D eigenvalue weighted by Gasteiger charge is 2.43. The van der Waals surface area contributed by atoms with Crippen molar-refractivity contribution in [2.75, 3.05) is 6.54 Å². The minimum absolute atomic E-state index is 0.0734. The lowest BCUT2D eigenvalue weighted by atomic mass is 9.97. The summed E-state index contributed by atoms with van der Waals surface area (Å²) in [5.41, 5.74) is -0.479. The van der Waals surface area contributed by atoms with Gasteiger partial charge in [0.25, 0.3) is 0 Å². The molecule has 19 heavy (non-hydrogen) atoms. The van der Waals surface area contributed by atoms with Crippen LogP contribution in [0.4, 0.5) is 13.2 Å². The summed E-state index contributed by atoms with van der Waals surface area (Å²) in [5.74, 6) is -0.0630. The second-order valence-corrected chi connectivity index (χ2v) is 5.48. The third-order valence-electron chi connectivity index (χ3n) is 3.59. The normalized spacial score (nSPS) is 20.4. The Morgan fingerprint density at radius 1 is 1.32 bits per heavy atom. The molecule has 2 heterocycles. The standard InChI is InChI=1S/C12H19F3N4/c1-4-16-11(2,3)10-18-17-9-6-5-8(7-19(9)10)12(13,14)15/h8,16H,4-7H2,1-3H3. The van der Waals surface area contributed by atoms with Crippen LogP contribution >= 0.6 is 0 Å². The van der Waals surface area contributed by atoms with Crippen molar-refractivity contribution in [3.8, 4) is 0 Å². The summed E-state index contributed by atoms with van der Waals surface area (Å²) in [6, 6.07) is 0. The molecule has 1 aromatic rings. The molecule has 0 saturated heterocycles. The van der Waals surface area contributed by atoms with Crippen LogP contribution in [0.15, 0.2) is 0 Å². The van der Waals surface area contributed by atoms with E-state index in [9.17, 15) is 13.2 Å². The SMILES string of the molecule is CCNC(C)(C)c1nnc2n1CC(C(F)(F)F)CC2. The molecule has 1 aliphatic heterocycles. The Bertz CT molecular complexity index is 450. The monoisotopic (exact) mass is 276 g/mol. The molecule has 1 unspecified atom stereocenters. The number of fused-ring (bicyclic) bond motifs is 1. The lowest BCUT2D eigenvalue weighted by Gasteiger charge is -2.30. The van der Waals surface area contributed by atoms with Gasteiger partial charge >= 0.3 is 6.18 Å². The largest absolute Gasteiger partial charge is 0.393 e. The molecule has 0 fully saturated rings. The van der Waals surface area contributed by atoms with Crippen LogP contribution in [-0.4, -0.2) is 27.5 Å².